The van der Waals surface area contributed by atoms with Gasteiger partial charge in [-0.15, -0.1) is 0 Å². The molecule has 1 heteroatoms. The SMILES string of the molecule is [CH2-]C(C)CC(CCC)P(/C(=C/CC)CC)c1ccccc1. The van der Waals surface area contributed by atoms with Crippen molar-refractivity contribution in [3.8, 4) is 0 Å². The molecule has 0 saturated carbocycles. The number of benzene rings is 1. The van der Waals surface area contributed by atoms with Crippen molar-refractivity contribution in [2.75, 3.05) is 0 Å². The highest BCUT2D eigenvalue weighted by Crippen LogP contribution is 2.53. The van der Waals surface area contributed by atoms with Gasteiger partial charge in [-0.25, -0.2) is 0 Å². The van der Waals surface area contributed by atoms with Crippen LogP contribution in [0.1, 0.15) is 59.8 Å². The molecular weight excluding hydrogens is 271 g/mol. The van der Waals surface area contributed by atoms with Gasteiger partial charge < -0.3 is 6.92 Å². The first-order valence-corrected chi connectivity index (χ1v) is 9.91. The number of hydrogen-bond acceptors (Lipinski definition) is 0. The number of rotatable bonds is 9. The van der Waals surface area contributed by atoms with E-state index in [1.165, 1.54) is 25.7 Å². The van der Waals surface area contributed by atoms with E-state index in [4.69, 9.17) is 0 Å². The summed E-state index contributed by atoms with van der Waals surface area (Å²) in [6.07, 6.45) is 8.64. The average Bonchev–Trinajstić information content (AvgIpc) is 2.47. The largest absolute Gasteiger partial charge is 0.341 e. The van der Waals surface area contributed by atoms with Gasteiger partial charge >= 0.3 is 0 Å². The predicted octanol–water partition coefficient (Wildman–Crippen LogP) is 6.53. The standard InChI is InChI=1S/C20H32P/c1-6-12-18(8-3)21(19-14-10-9-11-15-19)20(13-7-2)16-17(4)5/h9-12,14-15,17,20H,4,6-8,13,16H2,1-3,5H3/q-1/b18-12+. The molecule has 1 rings (SSSR count). The summed E-state index contributed by atoms with van der Waals surface area (Å²) in [5.41, 5.74) is 0.776. The fourth-order valence-electron chi connectivity index (χ4n) is 3.00. The maximum atomic E-state index is 4.26. The van der Waals surface area contributed by atoms with Crippen LogP contribution in [0.5, 0.6) is 0 Å². The van der Waals surface area contributed by atoms with Gasteiger partial charge in [0.25, 0.3) is 0 Å². The first-order valence-electron chi connectivity index (χ1n) is 8.50. The zero-order chi connectivity index (χ0) is 15.7. The Kier molecular flexibility index (Phi) is 8.93. The lowest BCUT2D eigenvalue weighted by Crippen LogP contribution is -2.17. The molecular formula is C20H32P-. The van der Waals surface area contributed by atoms with E-state index in [2.05, 4.69) is 71.0 Å². The van der Waals surface area contributed by atoms with Crippen LogP contribution in [-0.2, 0) is 0 Å². The van der Waals surface area contributed by atoms with Crippen LogP contribution in [0, 0.1) is 12.8 Å². The predicted molar refractivity (Wildman–Crippen MR) is 99.5 cm³/mol. The van der Waals surface area contributed by atoms with E-state index in [-0.39, 0.29) is 7.92 Å². The van der Waals surface area contributed by atoms with Gasteiger partial charge in [0.2, 0.25) is 0 Å². The fourth-order valence-corrected chi connectivity index (χ4v) is 6.52. The minimum atomic E-state index is -0.206. The second-order valence-corrected chi connectivity index (χ2v) is 8.51. The highest BCUT2D eigenvalue weighted by molar-refractivity contribution is 7.70. The molecule has 0 heterocycles. The summed E-state index contributed by atoms with van der Waals surface area (Å²) < 4.78 is 0. The van der Waals surface area contributed by atoms with Crippen LogP contribution in [-0.4, -0.2) is 5.66 Å². The van der Waals surface area contributed by atoms with Crippen molar-refractivity contribution >= 4 is 13.2 Å². The van der Waals surface area contributed by atoms with Crippen molar-refractivity contribution in [3.63, 3.8) is 0 Å². The molecule has 0 aliphatic heterocycles. The Morgan fingerprint density at radius 1 is 1.19 bits per heavy atom. The Labute approximate surface area is 133 Å². The summed E-state index contributed by atoms with van der Waals surface area (Å²) >= 11 is 0. The molecule has 0 fully saturated rings. The lowest BCUT2D eigenvalue weighted by molar-refractivity contribution is 0.582. The Balaban J connectivity index is 3.18. The first kappa shape index (κ1) is 18.4. The van der Waals surface area contributed by atoms with Gasteiger partial charge in [-0.05, 0) is 43.5 Å². The Morgan fingerprint density at radius 3 is 2.33 bits per heavy atom. The lowest BCUT2D eigenvalue weighted by Gasteiger charge is -2.33. The normalized spacial score (nSPS) is 16.5. The second-order valence-electron chi connectivity index (χ2n) is 5.95. The van der Waals surface area contributed by atoms with Gasteiger partial charge in [0.05, 0.1) is 0 Å². The topological polar surface area (TPSA) is 0 Å². The van der Waals surface area contributed by atoms with Crippen molar-refractivity contribution < 1.29 is 0 Å². The van der Waals surface area contributed by atoms with E-state index in [0.717, 1.165) is 12.1 Å². The van der Waals surface area contributed by atoms with E-state index in [1.54, 1.807) is 10.6 Å². The summed E-state index contributed by atoms with van der Waals surface area (Å²) in [4.78, 5) is 0. The van der Waals surface area contributed by atoms with Crippen LogP contribution in [0.15, 0.2) is 41.7 Å². The maximum Gasteiger partial charge on any atom is -0.0154 e. The Morgan fingerprint density at radius 2 is 1.86 bits per heavy atom. The molecule has 0 radical (unpaired) electrons. The first-order chi connectivity index (χ1) is 10.1. The molecule has 0 aliphatic rings. The van der Waals surface area contributed by atoms with Gasteiger partial charge in [0.15, 0.2) is 0 Å². The Bertz CT molecular complexity index is 405. The monoisotopic (exact) mass is 303 g/mol. The maximum absolute atomic E-state index is 4.26. The summed E-state index contributed by atoms with van der Waals surface area (Å²) in [5.74, 6) is 0.537. The molecule has 3 unspecified atom stereocenters. The second kappa shape index (κ2) is 10.2. The molecule has 0 spiro atoms. The molecule has 0 saturated heterocycles. The van der Waals surface area contributed by atoms with Crippen LogP contribution >= 0.6 is 7.92 Å². The van der Waals surface area contributed by atoms with Crippen molar-refractivity contribution in [2.24, 2.45) is 5.92 Å². The van der Waals surface area contributed by atoms with Crippen molar-refractivity contribution in [2.45, 2.75) is 65.5 Å². The summed E-state index contributed by atoms with van der Waals surface area (Å²) in [6.45, 7) is 13.4. The lowest BCUT2D eigenvalue weighted by atomic mass is 10.1. The van der Waals surface area contributed by atoms with Crippen LogP contribution in [0.4, 0.5) is 0 Å². The fraction of sp³-hybridized carbons (Fsp3) is 0.550. The van der Waals surface area contributed by atoms with Crippen LogP contribution in [0.2, 0.25) is 0 Å². The number of hydrogen-bond donors (Lipinski definition) is 0. The van der Waals surface area contributed by atoms with Gasteiger partial charge in [-0.2, -0.15) is 5.92 Å². The average molecular weight is 303 g/mol. The zero-order valence-corrected chi connectivity index (χ0v) is 15.2. The summed E-state index contributed by atoms with van der Waals surface area (Å²) in [6, 6.07) is 11.2. The third-order valence-electron chi connectivity index (χ3n) is 3.81. The van der Waals surface area contributed by atoms with Crippen LogP contribution in [0.25, 0.3) is 0 Å². The molecule has 0 aromatic heterocycles. The van der Waals surface area contributed by atoms with Crippen molar-refractivity contribution in [1.29, 1.82) is 0 Å². The van der Waals surface area contributed by atoms with Gasteiger partial charge in [-0.1, -0.05) is 76.9 Å². The minimum absolute atomic E-state index is 0.206. The number of allylic oxidation sites excluding steroid dienone is 2. The van der Waals surface area contributed by atoms with Gasteiger partial charge in [0, 0.05) is 0 Å². The quantitative estimate of drug-likeness (QED) is 0.359. The molecule has 21 heavy (non-hydrogen) atoms. The third kappa shape index (κ3) is 5.95. The molecule has 0 N–H and O–H groups in total. The molecule has 0 bridgehead atoms. The third-order valence-corrected chi connectivity index (χ3v) is 6.98. The van der Waals surface area contributed by atoms with E-state index >= 15 is 0 Å². The molecule has 0 aliphatic carbocycles. The summed E-state index contributed by atoms with van der Waals surface area (Å²) in [7, 11) is -0.206. The van der Waals surface area contributed by atoms with Gasteiger partial charge in [-0.3, -0.25) is 0 Å². The smallest absolute Gasteiger partial charge is 0.0154 e. The van der Waals surface area contributed by atoms with Crippen LogP contribution < -0.4 is 5.30 Å². The highest BCUT2D eigenvalue weighted by Gasteiger charge is 2.24. The molecule has 1 aromatic carbocycles. The van der Waals surface area contributed by atoms with E-state index in [1.807, 2.05) is 0 Å². The van der Waals surface area contributed by atoms with E-state index in [9.17, 15) is 0 Å². The van der Waals surface area contributed by atoms with E-state index in [0.29, 0.717) is 5.92 Å². The molecule has 3 atom stereocenters. The summed E-state index contributed by atoms with van der Waals surface area (Å²) in [5, 5.41) is 3.23. The Hall–Kier alpha value is -0.610. The molecule has 118 valence electrons. The van der Waals surface area contributed by atoms with E-state index < -0.39 is 0 Å². The molecule has 0 amide bonds. The molecule has 0 nitrogen and oxygen atoms in total. The minimum Gasteiger partial charge on any atom is -0.341 e. The van der Waals surface area contributed by atoms with Crippen molar-refractivity contribution in [1.82, 2.24) is 0 Å². The van der Waals surface area contributed by atoms with Crippen molar-refractivity contribution in [3.05, 3.63) is 48.6 Å². The molecule has 1 aromatic rings. The zero-order valence-electron chi connectivity index (χ0n) is 14.3. The van der Waals surface area contributed by atoms with Gasteiger partial charge in [0.1, 0.15) is 0 Å². The van der Waals surface area contributed by atoms with Crippen LogP contribution in [0.3, 0.4) is 0 Å². The highest BCUT2D eigenvalue weighted by atomic mass is 31.1.